The molecule has 2 aromatic rings. The SMILES string of the molecule is CCNCc1ccc(Sc2nc(C)cc(=O)[nH]2)cc1C. The van der Waals surface area contributed by atoms with Gasteiger partial charge in [0.15, 0.2) is 5.16 Å². The van der Waals surface area contributed by atoms with E-state index in [1.54, 1.807) is 0 Å². The number of aryl methyl sites for hydroxylation is 2. The van der Waals surface area contributed by atoms with Crippen molar-refractivity contribution in [2.45, 2.75) is 37.4 Å². The third-order valence-corrected chi connectivity index (χ3v) is 3.82. The Balaban J connectivity index is 2.17. The van der Waals surface area contributed by atoms with Crippen molar-refractivity contribution in [3.05, 3.63) is 51.4 Å². The molecule has 0 bridgehead atoms. The van der Waals surface area contributed by atoms with E-state index in [0.717, 1.165) is 23.7 Å². The summed E-state index contributed by atoms with van der Waals surface area (Å²) in [5.74, 6) is 0. The van der Waals surface area contributed by atoms with Crippen LogP contribution in [-0.4, -0.2) is 16.5 Å². The average molecular weight is 289 g/mol. The van der Waals surface area contributed by atoms with Crippen LogP contribution in [0, 0.1) is 13.8 Å². The predicted molar refractivity (Wildman–Crippen MR) is 82.3 cm³/mol. The molecule has 0 atom stereocenters. The zero-order valence-electron chi connectivity index (χ0n) is 12.0. The molecule has 0 aliphatic rings. The molecular weight excluding hydrogens is 270 g/mol. The van der Waals surface area contributed by atoms with Crippen LogP contribution in [0.15, 0.2) is 39.1 Å². The molecule has 2 N–H and O–H groups in total. The van der Waals surface area contributed by atoms with Crippen molar-refractivity contribution in [3.63, 3.8) is 0 Å². The van der Waals surface area contributed by atoms with Crippen molar-refractivity contribution in [2.75, 3.05) is 6.54 Å². The number of nitrogens with one attached hydrogen (secondary N) is 2. The number of H-pyrrole nitrogens is 1. The molecule has 0 saturated carbocycles. The highest BCUT2D eigenvalue weighted by Gasteiger charge is 2.04. The summed E-state index contributed by atoms with van der Waals surface area (Å²) >= 11 is 1.48. The van der Waals surface area contributed by atoms with Gasteiger partial charge in [0.1, 0.15) is 0 Å². The Morgan fingerprint density at radius 1 is 1.30 bits per heavy atom. The summed E-state index contributed by atoms with van der Waals surface area (Å²) in [7, 11) is 0. The Labute approximate surface area is 123 Å². The van der Waals surface area contributed by atoms with Gasteiger partial charge in [0.2, 0.25) is 0 Å². The summed E-state index contributed by atoms with van der Waals surface area (Å²) in [6, 6.07) is 7.80. The van der Waals surface area contributed by atoms with Gasteiger partial charge in [-0.25, -0.2) is 4.98 Å². The van der Waals surface area contributed by atoms with E-state index in [1.807, 2.05) is 6.92 Å². The highest BCUT2D eigenvalue weighted by atomic mass is 32.2. The third kappa shape index (κ3) is 3.95. The van der Waals surface area contributed by atoms with Gasteiger partial charge in [0.25, 0.3) is 5.56 Å². The van der Waals surface area contributed by atoms with Gasteiger partial charge in [-0.2, -0.15) is 0 Å². The molecule has 4 nitrogen and oxygen atoms in total. The standard InChI is InChI=1S/C15H19N3OS/c1-4-16-9-12-5-6-13(7-10(12)2)20-15-17-11(3)8-14(19)18-15/h5-8,16H,4,9H2,1-3H3,(H,17,18,19). The van der Waals surface area contributed by atoms with Crippen LogP contribution >= 0.6 is 11.8 Å². The molecule has 2 rings (SSSR count). The molecule has 5 heteroatoms. The van der Waals surface area contributed by atoms with Gasteiger partial charge in [-0.15, -0.1) is 0 Å². The van der Waals surface area contributed by atoms with E-state index in [-0.39, 0.29) is 5.56 Å². The number of aromatic amines is 1. The topological polar surface area (TPSA) is 57.8 Å². The van der Waals surface area contributed by atoms with Gasteiger partial charge in [0, 0.05) is 23.2 Å². The van der Waals surface area contributed by atoms with Crippen molar-refractivity contribution in [1.82, 2.24) is 15.3 Å². The second kappa shape index (κ2) is 6.72. The number of benzene rings is 1. The van der Waals surface area contributed by atoms with Gasteiger partial charge in [-0.3, -0.25) is 4.79 Å². The lowest BCUT2D eigenvalue weighted by Crippen LogP contribution is -2.12. The highest BCUT2D eigenvalue weighted by Crippen LogP contribution is 2.26. The molecule has 20 heavy (non-hydrogen) atoms. The lowest BCUT2D eigenvalue weighted by molar-refractivity contribution is 0.723. The van der Waals surface area contributed by atoms with Crippen LogP contribution in [0.3, 0.4) is 0 Å². The van der Waals surface area contributed by atoms with Gasteiger partial charge in [-0.05, 0) is 43.7 Å². The fraction of sp³-hybridized carbons (Fsp3) is 0.333. The number of hydrogen-bond acceptors (Lipinski definition) is 4. The second-order valence-electron chi connectivity index (χ2n) is 4.66. The summed E-state index contributed by atoms with van der Waals surface area (Å²) < 4.78 is 0. The van der Waals surface area contributed by atoms with Crippen LogP contribution in [-0.2, 0) is 6.54 Å². The van der Waals surface area contributed by atoms with Gasteiger partial charge in [0.05, 0.1) is 0 Å². The van der Waals surface area contributed by atoms with E-state index < -0.39 is 0 Å². The molecule has 1 aromatic heterocycles. The maximum atomic E-state index is 11.4. The number of rotatable bonds is 5. The zero-order valence-corrected chi connectivity index (χ0v) is 12.8. The molecule has 1 heterocycles. The minimum Gasteiger partial charge on any atom is -0.313 e. The monoisotopic (exact) mass is 289 g/mol. The number of aromatic nitrogens is 2. The van der Waals surface area contributed by atoms with E-state index in [2.05, 4.69) is 47.3 Å². The third-order valence-electron chi connectivity index (χ3n) is 2.94. The second-order valence-corrected chi connectivity index (χ2v) is 5.72. The van der Waals surface area contributed by atoms with Crippen LogP contribution in [0.25, 0.3) is 0 Å². The van der Waals surface area contributed by atoms with Gasteiger partial charge in [-0.1, -0.05) is 24.8 Å². The fourth-order valence-corrected chi connectivity index (χ4v) is 2.84. The van der Waals surface area contributed by atoms with E-state index in [1.165, 1.54) is 29.0 Å². The largest absolute Gasteiger partial charge is 0.313 e. The van der Waals surface area contributed by atoms with Crippen molar-refractivity contribution in [1.29, 1.82) is 0 Å². The van der Waals surface area contributed by atoms with Crippen molar-refractivity contribution >= 4 is 11.8 Å². The van der Waals surface area contributed by atoms with Crippen molar-refractivity contribution < 1.29 is 0 Å². The summed E-state index contributed by atoms with van der Waals surface area (Å²) in [6.45, 7) is 7.86. The summed E-state index contributed by atoms with van der Waals surface area (Å²) in [4.78, 5) is 19.6. The predicted octanol–water partition coefficient (Wildman–Crippen LogP) is 2.65. The smallest absolute Gasteiger partial charge is 0.251 e. The van der Waals surface area contributed by atoms with Crippen molar-refractivity contribution in [3.8, 4) is 0 Å². The normalized spacial score (nSPS) is 10.8. The van der Waals surface area contributed by atoms with E-state index in [4.69, 9.17) is 0 Å². The number of nitrogens with zero attached hydrogens (tertiary/aromatic N) is 1. The first kappa shape index (κ1) is 14.8. The number of hydrogen-bond donors (Lipinski definition) is 2. The van der Waals surface area contributed by atoms with Crippen LogP contribution in [0.5, 0.6) is 0 Å². The molecule has 0 aliphatic heterocycles. The van der Waals surface area contributed by atoms with Gasteiger partial charge >= 0.3 is 0 Å². The highest BCUT2D eigenvalue weighted by molar-refractivity contribution is 7.99. The maximum absolute atomic E-state index is 11.4. The van der Waals surface area contributed by atoms with E-state index in [0.29, 0.717) is 5.16 Å². The Bertz CT molecular complexity index is 652. The first-order valence-electron chi connectivity index (χ1n) is 6.64. The minimum atomic E-state index is -0.111. The molecular formula is C15H19N3OS. The molecule has 0 saturated heterocycles. The van der Waals surface area contributed by atoms with Gasteiger partial charge < -0.3 is 10.3 Å². The van der Waals surface area contributed by atoms with Crippen molar-refractivity contribution in [2.24, 2.45) is 0 Å². The Hall–Kier alpha value is -1.59. The quantitative estimate of drug-likeness (QED) is 0.831. The lowest BCUT2D eigenvalue weighted by atomic mass is 10.1. The molecule has 1 aromatic carbocycles. The molecule has 0 radical (unpaired) electrons. The minimum absolute atomic E-state index is 0.111. The maximum Gasteiger partial charge on any atom is 0.251 e. The summed E-state index contributed by atoms with van der Waals surface area (Å²) in [5.41, 5.74) is 3.16. The van der Waals surface area contributed by atoms with Crippen LogP contribution < -0.4 is 10.9 Å². The van der Waals surface area contributed by atoms with Crippen LogP contribution in [0.2, 0.25) is 0 Å². The Kier molecular flexibility index (Phi) is 4.98. The van der Waals surface area contributed by atoms with Crippen LogP contribution in [0.4, 0.5) is 0 Å². The Morgan fingerprint density at radius 3 is 2.75 bits per heavy atom. The van der Waals surface area contributed by atoms with Crippen LogP contribution in [0.1, 0.15) is 23.7 Å². The molecule has 0 aliphatic carbocycles. The summed E-state index contributed by atoms with van der Waals surface area (Å²) in [5, 5.41) is 3.96. The molecule has 0 amide bonds. The molecule has 106 valence electrons. The first-order valence-corrected chi connectivity index (χ1v) is 7.46. The fourth-order valence-electron chi connectivity index (χ4n) is 1.90. The summed E-state index contributed by atoms with van der Waals surface area (Å²) in [6.07, 6.45) is 0. The molecule has 0 fully saturated rings. The first-order chi connectivity index (χ1) is 9.58. The Morgan fingerprint density at radius 2 is 2.10 bits per heavy atom. The average Bonchev–Trinajstić information content (AvgIpc) is 2.36. The zero-order chi connectivity index (χ0) is 14.5. The molecule has 0 spiro atoms. The molecule has 0 unspecified atom stereocenters. The lowest BCUT2D eigenvalue weighted by Gasteiger charge is -2.08. The van der Waals surface area contributed by atoms with E-state index >= 15 is 0 Å². The van der Waals surface area contributed by atoms with E-state index in [9.17, 15) is 4.79 Å².